The molecule has 0 unspecified atom stereocenters. The third kappa shape index (κ3) is 2.65. The average molecular weight is 251 g/mol. The van der Waals surface area contributed by atoms with E-state index in [0.717, 1.165) is 22.8 Å². The van der Waals surface area contributed by atoms with Crippen LogP contribution in [0.25, 0.3) is 0 Å². The summed E-state index contributed by atoms with van der Waals surface area (Å²) in [7, 11) is 1.62. The van der Waals surface area contributed by atoms with Crippen molar-refractivity contribution >= 4 is 23.0 Å². The molecule has 2 rings (SSSR count). The van der Waals surface area contributed by atoms with Crippen LogP contribution >= 0.6 is 12.2 Å². The van der Waals surface area contributed by atoms with Gasteiger partial charge in [0, 0.05) is 12.0 Å². The second-order valence-corrected chi connectivity index (χ2v) is 3.93. The van der Waals surface area contributed by atoms with E-state index in [4.69, 9.17) is 27.4 Å². The van der Waals surface area contributed by atoms with E-state index in [1.165, 1.54) is 0 Å². The lowest BCUT2D eigenvalue weighted by atomic mass is 10.0. The summed E-state index contributed by atoms with van der Waals surface area (Å²) in [6.07, 6.45) is 0.704. The number of hydrazone groups is 1. The topological polar surface area (TPSA) is 68.9 Å². The number of hydrogen-bond acceptors (Lipinski definition) is 4. The van der Waals surface area contributed by atoms with Crippen LogP contribution in [-0.4, -0.2) is 24.5 Å². The highest BCUT2D eigenvalue weighted by Gasteiger charge is 2.17. The Morgan fingerprint density at radius 2 is 2.41 bits per heavy atom. The second kappa shape index (κ2) is 5.01. The lowest BCUT2D eigenvalue weighted by Gasteiger charge is -2.19. The molecule has 5 nitrogen and oxygen atoms in total. The molecule has 6 heteroatoms. The van der Waals surface area contributed by atoms with Crippen molar-refractivity contribution in [2.75, 3.05) is 13.7 Å². The van der Waals surface area contributed by atoms with Crippen LogP contribution in [0.2, 0.25) is 0 Å². The molecule has 0 saturated heterocycles. The number of thiocarbonyl (C=S) groups is 1. The van der Waals surface area contributed by atoms with Gasteiger partial charge in [-0.1, -0.05) is 0 Å². The first-order valence-corrected chi connectivity index (χ1v) is 5.55. The predicted octanol–water partition coefficient (Wildman–Crippen LogP) is 1.02. The highest BCUT2D eigenvalue weighted by atomic mass is 32.1. The SMILES string of the molecule is COc1ccc2c(c1)/C(=N/NC(N)=S)CCO2. The van der Waals surface area contributed by atoms with Gasteiger partial charge in [-0.25, -0.2) is 0 Å². The zero-order valence-corrected chi connectivity index (χ0v) is 10.2. The maximum absolute atomic E-state index is 5.53. The van der Waals surface area contributed by atoms with Gasteiger partial charge in [-0.3, -0.25) is 5.43 Å². The summed E-state index contributed by atoms with van der Waals surface area (Å²) >= 11 is 4.71. The Balaban J connectivity index is 2.35. The molecule has 1 aromatic rings. The summed E-state index contributed by atoms with van der Waals surface area (Å²) in [5, 5.41) is 4.31. The van der Waals surface area contributed by atoms with Crippen molar-refractivity contribution in [2.45, 2.75) is 6.42 Å². The molecule has 1 aromatic carbocycles. The minimum atomic E-state index is 0.147. The number of nitrogens with zero attached hydrogens (tertiary/aromatic N) is 1. The molecule has 0 saturated carbocycles. The average Bonchev–Trinajstić information content (AvgIpc) is 2.35. The van der Waals surface area contributed by atoms with Crippen LogP contribution in [0.5, 0.6) is 11.5 Å². The summed E-state index contributed by atoms with van der Waals surface area (Å²) in [4.78, 5) is 0. The van der Waals surface area contributed by atoms with E-state index in [1.54, 1.807) is 7.11 Å². The fourth-order valence-electron chi connectivity index (χ4n) is 1.62. The summed E-state index contributed by atoms with van der Waals surface area (Å²) in [6.45, 7) is 0.594. The molecule has 0 fully saturated rings. The maximum Gasteiger partial charge on any atom is 0.184 e. The third-order valence-corrected chi connectivity index (χ3v) is 2.49. The molecule has 0 aromatic heterocycles. The molecule has 90 valence electrons. The van der Waals surface area contributed by atoms with Gasteiger partial charge in [-0.15, -0.1) is 0 Å². The number of rotatable bonds is 2. The number of fused-ring (bicyclic) bond motifs is 1. The first-order valence-electron chi connectivity index (χ1n) is 5.14. The molecule has 0 amide bonds. The fourth-order valence-corrected chi connectivity index (χ4v) is 1.66. The molecule has 3 N–H and O–H groups in total. The van der Waals surface area contributed by atoms with Crippen LogP contribution in [0.15, 0.2) is 23.3 Å². The number of nitrogens with two attached hydrogens (primary N) is 1. The third-order valence-electron chi connectivity index (χ3n) is 2.40. The van der Waals surface area contributed by atoms with Crippen molar-refractivity contribution in [1.29, 1.82) is 0 Å². The lowest BCUT2D eigenvalue weighted by Crippen LogP contribution is -2.27. The highest BCUT2D eigenvalue weighted by Crippen LogP contribution is 2.28. The summed E-state index contributed by atoms with van der Waals surface area (Å²) in [5.41, 5.74) is 9.70. The zero-order valence-electron chi connectivity index (χ0n) is 9.40. The summed E-state index contributed by atoms with van der Waals surface area (Å²) in [6, 6.07) is 5.60. The largest absolute Gasteiger partial charge is 0.497 e. The minimum absolute atomic E-state index is 0.147. The molecule has 0 bridgehead atoms. The van der Waals surface area contributed by atoms with E-state index in [-0.39, 0.29) is 5.11 Å². The number of methoxy groups -OCH3 is 1. The highest BCUT2D eigenvalue weighted by molar-refractivity contribution is 7.80. The molecule has 1 heterocycles. The van der Waals surface area contributed by atoms with Crippen LogP contribution in [-0.2, 0) is 0 Å². The normalized spacial score (nSPS) is 15.9. The van der Waals surface area contributed by atoms with E-state index in [2.05, 4.69) is 10.5 Å². The Hall–Kier alpha value is -1.82. The van der Waals surface area contributed by atoms with Gasteiger partial charge in [0.25, 0.3) is 0 Å². The lowest BCUT2D eigenvalue weighted by molar-refractivity contribution is 0.319. The molecule has 1 aliphatic heterocycles. The standard InChI is InChI=1S/C11H13N3O2S/c1-15-7-2-3-10-8(6-7)9(4-5-16-10)13-14-11(12)17/h2-3,6H,4-5H2,1H3,(H3,12,14,17)/b13-9+. The van der Waals surface area contributed by atoms with Crippen molar-refractivity contribution in [3.05, 3.63) is 23.8 Å². The monoisotopic (exact) mass is 251 g/mol. The smallest absolute Gasteiger partial charge is 0.184 e. The molecule has 0 atom stereocenters. The van der Waals surface area contributed by atoms with Gasteiger partial charge in [0.2, 0.25) is 0 Å². The van der Waals surface area contributed by atoms with E-state index in [1.807, 2.05) is 18.2 Å². The van der Waals surface area contributed by atoms with Crippen LogP contribution in [0.3, 0.4) is 0 Å². The molecule has 17 heavy (non-hydrogen) atoms. The number of nitrogens with one attached hydrogen (secondary N) is 1. The number of ether oxygens (including phenoxy) is 2. The van der Waals surface area contributed by atoms with E-state index >= 15 is 0 Å². The quantitative estimate of drug-likeness (QED) is 0.606. The molecular weight excluding hydrogens is 238 g/mol. The fraction of sp³-hybridized carbons (Fsp3) is 0.273. The Kier molecular flexibility index (Phi) is 3.43. The van der Waals surface area contributed by atoms with E-state index in [0.29, 0.717) is 13.0 Å². The Morgan fingerprint density at radius 1 is 1.59 bits per heavy atom. The summed E-state index contributed by atoms with van der Waals surface area (Å²) < 4.78 is 10.7. The van der Waals surface area contributed by atoms with Gasteiger partial charge in [0.05, 0.1) is 19.4 Å². The van der Waals surface area contributed by atoms with E-state index < -0.39 is 0 Å². The van der Waals surface area contributed by atoms with E-state index in [9.17, 15) is 0 Å². The molecular formula is C11H13N3O2S. The van der Waals surface area contributed by atoms with Crippen LogP contribution in [0, 0.1) is 0 Å². The van der Waals surface area contributed by atoms with Crippen molar-refractivity contribution in [3.8, 4) is 11.5 Å². The number of benzene rings is 1. The van der Waals surface area contributed by atoms with Crippen LogP contribution < -0.4 is 20.6 Å². The second-order valence-electron chi connectivity index (χ2n) is 3.50. The van der Waals surface area contributed by atoms with Gasteiger partial charge < -0.3 is 15.2 Å². The Labute approximate surface area is 105 Å². The first-order chi connectivity index (χ1) is 8.20. The van der Waals surface area contributed by atoms with Gasteiger partial charge in [-0.2, -0.15) is 5.10 Å². The van der Waals surface area contributed by atoms with Crippen molar-refractivity contribution < 1.29 is 9.47 Å². The number of hydrogen-bond donors (Lipinski definition) is 2. The minimum Gasteiger partial charge on any atom is -0.497 e. The summed E-state index contributed by atoms with van der Waals surface area (Å²) in [5.74, 6) is 1.55. The van der Waals surface area contributed by atoms with Crippen LogP contribution in [0.4, 0.5) is 0 Å². The van der Waals surface area contributed by atoms with Crippen molar-refractivity contribution in [2.24, 2.45) is 10.8 Å². The molecule has 0 aliphatic carbocycles. The first kappa shape index (κ1) is 11.7. The molecule has 0 radical (unpaired) electrons. The molecule has 1 aliphatic rings. The molecule has 0 spiro atoms. The van der Waals surface area contributed by atoms with Crippen LogP contribution in [0.1, 0.15) is 12.0 Å². The van der Waals surface area contributed by atoms with Gasteiger partial charge in [-0.05, 0) is 30.4 Å². The Bertz CT molecular complexity index is 474. The van der Waals surface area contributed by atoms with Gasteiger partial charge >= 0.3 is 0 Å². The maximum atomic E-state index is 5.53. The predicted molar refractivity (Wildman–Crippen MR) is 69.6 cm³/mol. The van der Waals surface area contributed by atoms with Crippen molar-refractivity contribution in [1.82, 2.24) is 5.43 Å². The zero-order chi connectivity index (χ0) is 12.3. The van der Waals surface area contributed by atoms with Gasteiger partial charge in [0.15, 0.2) is 5.11 Å². The Morgan fingerprint density at radius 3 is 3.12 bits per heavy atom. The van der Waals surface area contributed by atoms with Crippen molar-refractivity contribution in [3.63, 3.8) is 0 Å². The van der Waals surface area contributed by atoms with Gasteiger partial charge in [0.1, 0.15) is 11.5 Å².